The van der Waals surface area contributed by atoms with Crippen molar-refractivity contribution in [2.45, 2.75) is 19.3 Å². The highest BCUT2D eigenvalue weighted by Crippen LogP contribution is 2.16. The Balaban J connectivity index is 1.62. The van der Waals surface area contributed by atoms with Crippen molar-refractivity contribution < 1.29 is 4.79 Å². The number of carbonyl (C=O) groups is 1. The highest BCUT2D eigenvalue weighted by molar-refractivity contribution is 8.23. The van der Waals surface area contributed by atoms with Gasteiger partial charge in [0, 0.05) is 24.7 Å². The quantitative estimate of drug-likeness (QED) is 0.833. The van der Waals surface area contributed by atoms with Crippen LogP contribution >= 0.6 is 35.6 Å². The molecule has 0 aromatic heterocycles. The van der Waals surface area contributed by atoms with E-state index in [0.29, 0.717) is 12.3 Å². The maximum Gasteiger partial charge on any atom is 0.230 e. The van der Waals surface area contributed by atoms with Crippen LogP contribution in [0.3, 0.4) is 0 Å². The Hall–Kier alpha value is -0.780. The number of thioether (sulfide) groups is 1. The third kappa shape index (κ3) is 5.85. The van der Waals surface area contributed by atoms with Crippen LogP contribution in [0.4, 0.5) is 0 Å². The van der Waals surface area contributed by atoms with E-state index in [9.17, 15) is 4.79 Å². The highest BCUT2D eigenvalue weighted by Gasteiger charge is 2.15. The van der Waals surface area contributed by atoms with Gasteiger partial charge in [-0.05, 0) is 37.0 Å². The van der Waals surface area contributed by atoms with Gasteiger partial charge in [-0.1, -0.05) is 47.7 Å². The number of halogens is 1. The van der Waals surface area contributed by atoms with E-state index < -0.39 is 0 Å². The zero-order valence-corrected chi connectivity index (χ0v) is 14.2. The van der Waals surface area contributed by atoms with Gasteiger partial charge in [0.05, 0.1) is 5.75 Å². The molecule has 0 bridgehead atoms. The summed E-state index contributed by atoms with van der Waals surface area (Å²) in [6.45, 7) is 2.68. The van der Waals surface area contributed by atoms with Gasteiger partial charge < -0.3 is 10.2 Å². The van der Waals surface area contributed by atoms with Crippen LogP contribution in [0.2, 0.25) is 5.02 Å². The Morgan fingerprint density at radius 2 is 2.14 bits per heavy atom. The lowest BCUT2D eigenvalue weighted by Crippen LogP contribution is -2.30. The second-order valence-electron chi connectivity index (χ2n) is 4.98. The van der Waals surface area contributed by atoms with Crippen molar-refractivity contribution in [3.05, 3.63) is 34.9 Å². The van der Waals surface area contributed by atoms with Gasteiger partial charge in [-0.2, -0.15) is 0 Å². The number of amides is 1. The van der Waals surface area contributed by atoms with Crippen molar-refractivity contribution in [1.29, 1.82) is 0 Å². The van der Waals surface area contributed by atoms with Crippen LogP contribution < -0.4 is 5.32 Å². The van der Waals surface area contributed by atoms with Crippen LogP contribution in [0.5, 0.6) is 0 Å². The Kier molecular flexibility index (Phi) is 6.80. The van der Waals surface area contributed by atoms with Gasteiger partial charge in [-0.25, -0.2) is 0 Å². The number of hydrogen-bond acceptors (Lipinski definition) is 3. The predicted molar refractivity (Wildman–Crippen MR) is 94.0 cm³/mol. The first-order valence-electron chi connectivity index (χ1n) is 7.08. The molecule has 6 heteroatoms. The fourth-order valence-electron chi connectivity index (χ4n) is 2.21. The second kappa shape index (κ2) is 8.61. The molecular weight excluding hydrogens is 324 g/mol. The molecule has 1 aliphatic rings. The zero-order valence-electron chi connectivity index (χ0n) is 11.8. The standard InChI is InChI=1S/C15H19ClN2OS2/c16-13-5-3-4-12(10-13)6-7-17-14(19)11-21-15(20)18-8-1-2-9-18/h3-5,10H,1-2,6-9,11H2,(H,17,19). The topological polar surface area (TPSA) is 32.3 Å². The first-order chi connectivity index (χ1) is 10.1. The molecule has 1 aromatic rings. The summed E-state index contributed by atoms with van der Waals surface area (Å²) in [7, 11) is 0. The van der Waals surface area contributed by atoms with Crippen molar-refractivity contribution in [1.82, 2.24) is 10.2 Å². The Bertz CT molecular complexity index is 504. The van der Waals surface area contributed by atoms with E-state index in [4.69, 9.17) is 23.8 Å². The van der Waals surface area contributed by atoms with Gasteiger partial charge in [-0.3, -0.25) is 4.79 Å². The lowest BCUT2D eigenvalue weighted by atomic mass is 10.1. The summed E-state index contributed by atoms with van der Waals surface area (Å²) in [5.74, 6) is 0.425. The third-order valence-electron chi connectivity index (χ3n) is 3.32. The third-order valence-corrected chi connectivity index (χ3v) is 5.07. The molecule has 2 rings (SSSR count). The van der Waals surface area contributed by atoms with Crippen molar-refractivity contribution >= 4 is 45.8 Å². The van der Waals surface area contributed by atoms with E-state index in [1.165, 1.54) is 24.6 Å². The van der Waals surface area contributed by atoms with Crippen LogP contribution in [0, 0.1) is 0 Å². The minimum atomic E-state index is 0.0311. The van der Waals surface area contributed by atoms with Crippen molar-refractivity contribution in [2.75, 3.05) is 25.4 Å². The molecule has 0 radical (unpaired) electrons. The number of thiocarbonyl (C=S) groups is 1. The fraction of sp³-hybridized carbons (Fsp3) is 0.467. The predicted octanol–water partition coefficient (Wildman–Crippen LogP) is 3.11. The minimum Gasteiger partial charge on any atom is -0.358 e. The first kappa shape index (κ1) is 16.6. The van der Waals surface area contributed by atoms with E-state index in [-0.39, 0.29) is 5.91 Å². The van der Waals surface area contributed by atoms with Gasteiger partial charge in [0.15, 0.2) is 0 Å². The summed E-state index contributed by atoms with van der Waals surface area (Å²) in [5, 5.41) is 3.64. The molecule has 0 aliphatic carbocycles. The summed E-state index contributed by atoms with van der Waals surface area (Å²) < 4.78 is 0.845. The molecule has 1 heterocycles. The van der Waals surface area contributed by atoms with Gasteiger partial charge in [0.2, 0.25) is 5.91 Å². The molecule has 1 aromatic carbocycles. The van der Waals surface area contributed by atoms with Crippen molar-refractivity contribution in [2.24, 2.45) is 0 Å². The van der Waals surface area contributed by atoms with E-state index in [0.717, 1.165) is 34.4 Å². The van der Waals surface area contributed by atoms with E-state index >= 15 is 0 Å². The molecule has 0 atom stereocenters. The molecule has 3 nitrogen and oxygen atoms in total. The Labute approximate surface area is 140 Å². The molecule has 21 heavy (non-hydrogen) atoms. The maximum absolute atomic E-state index is 11.8. The number of nitrogens with one attached hydrogen (secondary N) is 1. The van der Waals surface area contributed by atoms with Crippen LogP contribution in [-0.2, 0) is 11.2 Å². The summed E-state index contributed by atoms with van der Waals surface area (Å²) in [4.78, 5) is 14.0. The average molecular weight is 343 g/mol. The molecule has 0 spiro atoms. The normalized spacial score (nSPS) is 14.2. The summed E-state index contributed by atoms with van der Waals surface area (Å²) in [5.41, 5.74) is 1.13. The van der Waals surface area contributed by atoms with Gasteiger partial charge >= 0.3 is 0 Å². The first-order valence-corrected chi connectivity index (χ1v) is 8.85. The lowest BCUT2D eigenvalue weighted by Gasteiger charge is -2.17. The molecule has 0 saturated carbocycles. The molecule has 1 N–H and O–H groups in total. The van der Waals surface area contributed by atoms with Crippen LogP contribution in [0.15, 0.2) is 24.3 Å². The lowest BCUT2D eigenvalue weighted by molar-refractivity contribution is -0.118. The number of benzene rings is 1. The Morgan fingerprint density at radius 1 is 1.38 bits per heavy atom. The number of nitrogens with zero attached hydrogens (tertiary/aromatic N) is 1. The fourth-order valence-corrected chi connectivity index (χ4v) is 3.50. The molecule has 1 amide bonds. The van der Waals surface area contributed by atoms with E-state index in [1.807, 2.05) is 24.3 Å². The van der Waals surface area contributed by atoms with Crippen LogP contribution in [0.25, 0.3) is 0 Å². The van der Waals surface area contributed by atoms with Crippen molar-refractivity contribution in [3.63, 3.8) is 0 Å². The van der Waals surface area contributed by atoms with Gasteiger partial charge in [-0.15, -0.1) is 0 Å². The van der Waals surface area contributed by atoms with Gasteiger partial charge in [0.1, 0.15) is 4.32 Å². The SMILES string of the molecule is O=C(CSC(=S)N1CCCC1)NCCc1cccc(Cl)c1. The molecule has 1 fully saturated rings. The number of likely N-dealkylation sites (tertiary alicyclic amines) is 1. The molecule has 1 aliphatic heterocycles. The zero-order chi connectivity index (χ0) is 15.1. The molecular formula is C15H19ClN2OS2. The van der Waals surface area contributed by atoms with E-state index in [2.05, 4.69) is 10.2 Å². The summed E-state index contributed by atoms with van der Waals surface area (Å²) in [6.07, 6.45) is 3.19. The largest absolute Gasteiger partial charge is 0.358 e. The molecule has 0 unspecified atom stereocenters. The Morgan fingerprint density at radius 3 is 2.86 bits per heavy atom. The molecule has 1 saturated heterocycles. The van der Waals surface area contributed by atoms with E-state index in [1.54, 1.807) is 0 Å². The number of hydrogen-bond donors (Lipinski definition) is 1. The van der Waals surface area contributed by atoms with Crippen LogP contribution in [0.1, 0.15) is 18.4 Å². The molecule has 114 valence electrons. The highest BCUT2D eigenvalue weighted by atomic mass is 35.5. The minimum absolute atomic E-state index is 0.0311. The average Bonchev–Trinajstić information content (AvgIpc) is 2.99. The van der Waals surface area contributed by atoms with Crippen molar-refractivity contribution in [3.8, 4) is 0 Å². The smallest absolute Gasteiger partial charge is 0.230 e. The number of carbonyl (C=O) groups excluding carboxylic acids is 1. The summed E-state index contributed by atoms with van der Waals surface area (Å²) in [6, 6.07) is 7.70. The number of rotatable bonds is 5. The monoisotopic (exact) mass is 342 g/mol. The second-order valence-corrected chi connectivity index (χ2v) is 7.02. The van der Waals surface area contributed by atoms with Gasteiger partial charge in [0.25, 0.3) is 0 Å². The maximum atomic E-state index is 11.8. The summed E-state index contributed by atoms with van der Waals surface area (Å²) >= 11 is 12.7. The van der Waals surface area contributed by atoms with Crippen LogP contribution in [-0.4, -0.2) is 40.5 Å².